The molecule has 7 heteroatoms. The third-order valence-corrected chi connectivity index (χ3v) is 5.13. The molecule has 0 aliphatic carbocycles. The average molecular weight is 376 g/mol. The minimum atomic E-state index is -3.31. The maximum Gasteiger partial charge on any atom is 0.261 e. The van der Waals surface area contributed by atoms with Gasteiger partial charge in [-0.15, -0.1) is 0 Å². The van der Waals surface area contributed by atoms with Crippen LogP contribution < -0.4 is 14.4 Å². The number of carbonyl (C=O) groups is 1. The molecule has 1 amide bonds. The average Bonchev–Trinajstić information content (AvgIpc) is 2.59. The lowest BCUT2D eigenvalue weighted by Gasteiger charge is -2.18. The molecule has 1 atom stereocenters. The van der Waals surface area contributed by atoms with Crippen molar-refractivity contribution < 1.29 is 17.9 Å². The van der Waals surface area contributed by atoms with E-state index in [1.807, 2.05) is 31.2 Å². The Morgan fingerprint density at radius 2 is 1.85 bits per heavy atom. The Hall–Kier alpha value is -2.54. The lowest BCUT2D eigenvalue weighted by Crippen LogP contribution is -2.35. The first kappa shape index (κ1) is 19.8. The van der Waals surface area contributed by atoms with Crippen molar-refractivity contribution in [2.75, 3.05) is 17.6 Å². The molecule has 1 N–H and O–H groups in total. The molecule has 0 aliphatic rings. The van der Waals surface area contributed by atoms with Gasteiger partial charge < -0.3 is 10.1 Å². The van der Waals surface area contributed by atoms with Crippen LogP contribution in [0.2, 0.25) is 0 Å². The number of anilines is 1. The van der Waals surface area contributed by atoms with Crippen LogP contribution in [0.15, 0.2) is 48.5 Å². The summed E-state index contributed by atoms with van der Waals surface area (Å²) in [6.07, 6.45) is 0.469. The summed E-state index contributed by atoms with van der Waals surface area (Å²) in [6, 6.07) is 14.5. The van der Waals surface area contributed by atoms with Crippen molar-refractivity contribution in [3.8, 4) is 5.75 Å². The number of benzene rings is 2. The maximum absolute atomic E-state index is 12.2. The van der Waals surface area contributed by atoms with Crippen molar-refractivity contribution >= 4 is 21.6 Å². The Morgan fingerprint density at radius 3 is 2.42 bits per heavy atom. The molecule has 0 radical (unpaired) electrons. The second-order valence-corrected chi connectivity index (χ2v) is 8.21. The molecular formula is C19H24N2O4S. The molecule has 0 aliphatic heterocycles. The lowest BCUT2D eigenvalue weighted by molar-refractivity contribution is -0.127. The van der Waals surface area contributed by atoms with E-state index in [1.165, 1.54) is 11.4 Å². The largest absolute Gasteiger partial charge is 0.481 e. The zero-order chi connectivity index (χ0) is 19.3. The summed E-state index contributed by atoms with van der Waals surface area (Å²) in [4.78, 5) is 12.2. The topological polar surface area (TPSA) is 75.7 Å². The van der Waals surface area contributed by atoms with Gasteiger partial charge in [-0.3, -0.25) is 9.10 Å². The van der Waals surface area contributed by atoms with Crippen molar-refractivity contribution in [2.24, 2.45) is 0 Å². The van der Waals surface area contributed by atoms with Gasteiger partial charge in [-0.1, -0.05) is 29.8 Å². The number of nitrogens with one attached hydrogen (secondary N) is 1. The molecule has 0 aromatic heterocycles. The smallest absolute Gasteiger partial charge is 0.261 e. The summed E-state index contributed by atoms with van der Waals surface area (Å²) in [5.41, 5.74) is 2.69. The highest BCUT2D eigenvalue weighted by Gasteiger charge is 2.15. The molecule has 0 saturated carbocycles. The zero-order valence-electron chi connectivity index (χ0n) is 15.4. The molecular weight excluding hydrogens is 352 g/mol. The molecule has 2 aromatic carbocycles. The van der Waals surface area contributed by atoms with Crippen LogP contribution in [0.1, 0.15) is 18.1 Å². The first-order valence-electron chi connectivity index (χ1n) is 8.20. The van der Waals surface area contributed by atoms with Crippen LogP contribution in [-0.4, -0.2) is 33.7 Å². The molecule has 0 spiro atoms. The van der Waals surface area contributed by atoms with Crippen LogP contribution in [0.4, 0.5) is 5.69 Å². The van der Waals surface area contributed by atoms with Gasteiger partial charge in [0.05, 0.1) is 11.9 Å². The van der Waals surface area contributed by atoms with Gasteiger partial charge in [0.1, 0.15) is 5.75 Å². The molecule has 0 saturated heterocycles. The molecule has 0 fully saturated rings. The van der Waals surface area contributed by atoms with E-state index in [4.69, 9.17) is 4.74 Å². The number of hydrogen-bond donors (Lipinski definition) is 1. The van der Waals surface area contributed by atoms with E-state index >= 15 is 0 Å². The number of aryl methyl sites for hydroxylation is 1. The highest BCUT2D eigenvalue weighted by atomic mass is 32.2. The molecule has 2 rings (SSSR count). The van der Waals surface area contributed by atoms with Crippen LogP contribution >= 0.6 is 0 Å². The number of ether oxygens (including phenoxy) is 1. The fourth-order valence-electron chi connectivity index (χ4n) is 2.34. The minimum Gasteiger partial charge on any atom is -0.481 e. The highest BCUT2D eigenvalue weighted by molar-refractivity contribution is 7.92. The summed E-state index contributed by atoms with van der Waals surface area (Å²) < 4.78 is 29.9. The molecule has 0 bridgehead atoms. The fraction of sp³-hybridized carbons (Fsp3) is 0.316. The van der Waals surface area contributed by atoms with E-state index in [-0.39, 0.29) is 5.91 Å². The standard InChI is InChI=1S/C19H24N2O4S/c1-14-6-5-7-16(12-14)13-20-19(22)15(2)25-18-10-8-17(9-11-18)21(3)26(4,23)24/h5-12,15H,13H2,1-4H3,(H,20,22)/t15-/m1/s1. The van der Waals surface area contributed by atoms with Crippen LogP contribution in [-0.2, 0) is 21.4 Å². The number of sulfonamides is 1. The van der Waals surface area contributed by atoms with Crippen molar-refractivity contribution in [1.82, 2.24) is 5.32 Å². The van der Waals surface area contributed by atoms with Gasteiger partial charge >= 0.3 is 0 Å². The molecule has 0 unspecified atom stereocenters. The van der Waals surface area contributed by atoms with Gasteiger partial charge in [0.15, 0.2) is 6.10 Å². The first-order valence-corrected chi connectivity index (χ1v) is 10.1. The van der Waals surface area contributed by atoms with E-state index in [0.29, 0.717) is 18.0 Å². The van der Waals surface area contributed by atoms with Crippen molar-refractivity contribution in [3.05, 3.63) is 59.7 Å². The molecule has 140 valence electrons. The van der Waals surface area contributed by atoms with Crippen LogP contribution in [0, 0.1) is 6.92 Å². The van der Waals surface area contributed by atoms with Crippen LogP contribution in [0.3, 0.4) is 0 Å². The Labute approximate surface area is 154 Å². The Bertz CT molecular complexity index is 863. The van der Waals surface area contributed by atoms with Crippen LogP contribution in [0.5, 0.6) is 5.75 Å². The summed E-state index contributed by atoms with van der Waals surface area (Å²) in [5, 5.41) is 2.84. The van der Waals surface area contributed by atoms with Crippen molar-refractivity contribution in [1.29, 1.82) is 0 Å². The van der Waals surface area contributed by atoms with E-state index in [1.54, 1.807) is 31.2 Å². The van der Waals surface area contributed by atoms with Gasteiger partial charge in [-0.2, -0.15) is 0 Å². The minimum absolute atomic E-state index is 0.219. The quantitative estimate of drug-likeness (QED) is 0.805. The molecule has 0 heterocycles. The van der Waals surface area contributed by atoms with Gasteiger partial charge in [0, 0.05) is 13.6 Å². The molecule has 6 nitrogen and oxygen atoms in total. The summed E-state index contributed by atoms with van der Waals surface area (Å²) in [6.45, 7) is 4.11. The lowest BCUT2D eigenvalue weighted by atomic mass is 10.1. The van der Waals surface area contributed by atoms with E-state index in [9.17, 15) is 13.2 Å². The van der Waals surface area contributed by atoms with Gasteiger partial charge in [-0.25, -0.2) is 8.42 Å². The predicted octanol–water partition coefficient (Wildman–Crippen LogP) is 2.47. The summed E-state index contributed by atoms with van der Waals surface area (Å²) in [5.74, 6) is 0.276. The summed E-state index contributed by atoms with van der Waals surface area (Å²) >= 11 is 0. The molecule has 2 aromatic rings. The number of carbonyl (C=O) groups excluding carboxylic acids is 1. The second-order valence-electron chi connectivity index (χ2n) is 6.19. The maximum atomic E-state index is 12.2. The Morgan fingerprint density at radius 1 is 1.19 bits per heavy atom. The number of nitrogens with zero attached hydrogens (tertiary/aromatic N) is 1. The molecule has 26 heavy (non-hydrogen) atoms. The van der Waals surface area contributed by atoms with E-state index < -0.39 is 16.1 Å². The fourth-order valence-corrected chi connectivity index (χ4v) is 2.84. The highest BCUT2D eigenvalue weighted by Crippen LogP contribution is 2.21. The summed E-state index contributed by atoms with van der Waals surface area (Å²) in [7, 11) is -1.83. The van der Waals surface area contributed by atoms with Gasteiger partial charge in [0.2, 0.25) is 10.0 Å². The van der Waals surface area contributed by atoms with Crippen LogP contribution in [0.25, 0.3) is 0 Å². The Kier molecular flexibility index (Phi) is 6.26. The van der Waals surface area contributed by atoms with E-state index in [2.05, 4.69) is 5.32 Å². The van der Waals surface area contributed by atoms with Gasteiger partial charge in [0.25, 0.3) is 5.91 Å². The monoisotopic (exact) mass is 376 g/mol. The number of hydrogen-bond acceptors (Lipinski definition) is 4. The SMILES string of the molecule is Cc1cccc(CNC(=O)[C@@H](C)Oc2ccc(N(C)S(C)(=O)=O)cc2)c1. The van der Waals surface area contributed by atoms with Gasteiger partial charge in [-0.05, 0) is 43.7 Å². The second kappa shape index (κ2) is 8.23. The normalized spacial score (nSPS) is 12.3. The predicted molar refractivity (Wildman–Crippen MR) is 103 cm³/mol. The Balaban J connectivity index is 1.92. The number of rotatable bonds is 7. The first-order chi connectivity index (χ1) is 12.2. The zero-order valence-corrected chi connectivity index (χ0v) is 16.2. The van der Waals surface area contributed by atoms with E-state index in [0.717, 1.165) is 17.4 Å². The third kappa shape index (κ3) is 5.49. The third-order valence-electron chi connectivity index (χ3n) is 3.93. The number of amides is 1. The van der Waals surface area contributed by atoms with Crippen molar-refractivity contribution in [3.63, 3.8) is 0 Å². The van der Waals surface area contributed by atoms with Crippen molar-refractivity contribution in [2.45, 2.75) is 26.5 Å².